The van der Waals surface area contributed by atoms with Gasteiger partial charge in [0.15, 0.2) is 5.11 Å². The standard InChI is InChI=1S/C19H19F4N3O2S2/c1-13-5-6-15(12-17(13)20)24-18(29)25-7-9-26(10-8-25)30(27,28)16-4-2-3-14(11-16)19(21,22)23/h2-6,11-12H,7-10H2,1H3,(H,24,29). The molecule has 1 heterocycles. The van der Waals surface area contributed by atoms with Crippen molar-refractivity contribution in [3.63, 3.8) is 0 Å². The zero-order valence-electron chi connectivity index (χ0n) is 15.9. The second-order valence-electron chi connectivity index (χ2n) is 6.81. The van der Waals surface area contributed by atoms with Gasteiger partial charge in [-0.1, -0.05) is 12.1 Å². The quantitative estimate of drug-likeness (QED) is 0.556. The molecule has 0 saturated carbocycles. The normalized spacial score (nSPS) is 15.8. The number of hydrogen-bond donors (Lipinski definition) is 1. The van der Waals surface area contributed by atoms with Gasteiger partial charge in [0, 0.05) is 31.9 Å². The van der Waals surface area contributed by atoms with Crippen LogP contribution in [0.2, 0.25) is 0 Å². The molecule has 0 amide bonds. The molecule has 2 aromatic carbocycles. The number of piperazine rings is 1. The van der Waals surface area contributed by atoms with E-state index in [0.29, 0.717) is 22.4 Å². The van der Waals surface area contributed by atoms with Crippen LogP contribution in [0.3, 0.4) is 0 Å². The van der Waals surface area contributed by atoms with Gasteiger partial charge in [0.05, 0.1) is 10.5 Å². The number of thiocarbonyl (C=S) groups is 1. The number of nitrogens with one attached hydrogen (secondary N) is 1. The number of sulfonamides is 1. The molecule has 0 atom stereocenters. The smallest absolute Gasteiger partial charge is 0.346 e. The molecule has 5 nitrogen and oxygen atoms in total. The number of anilines is 1. The Kier molecular flexibility index (Phi) is 6.34. The molecule has 162 valence electrons. The maximum Gasteiger partial charge on any atom is 0.416 e. The lowest BCUT2D eigenvalue weighted by Crippen LogP contribution is -2.51. The summed E-state index contributed by atoms with van der Waals surface area (Å²) in [7, 11) is -4.07. The van der Waals surface area contributed by atoms with Crippen molar-refractivity contribution in [1.82, 2.24) is 9.21 Å². The Balaban J connectivity index is 1.66. The average molecular weight is 462 g/mol. The van der Waals surface area contributed by atoms with Crippen LogP contribution in [0.15, 0.2) is 47.4 Å². The minimum atomic E-state index is -4.63. The molecule has 1 saturated heterocycles. The van der Waals surface area contributed by atoms with Crippen LogP contribution in [0.5, 0.6) is 0 Å². The summed E-state index contributed by atoms with van der Waals surface area (Å²) in [4.78, 5) is 1.33. The van der Waals surface area contributed by atoms with Crippen molar-refractivity contribution in [3.8, 4) is 0 Å². The molecular weight excluding hydrogens is 442 g/mol. The molecule has 0 unspecified atom stereocenters. The Labute approximate surface area is 177 Å². The predicted octanol–water partition coefficient (Wildman–Crippen LogP) is 3.86. The summed E-state index contributed by atoms with van der Waals surface area (Å²) in [6.45, 7) is 2.25. The Morgan fingerprint density at radius 2 is 1.73 bits per heavy atom. The fourth-order valence-corrected chi connectivity index (χ4v) is 4.76. The number of aryl methyl sites for hydroxylation is 1. The van der Waals surface area contributed by atoms with Gasteiger partial charge >= 0.3 is 6.18 Å². The molecule has 3 rings (SSSR count). The summed E-state index contributed by atoms with van der Waals surface area (Å²) in [5.41, 5.74) is -0.0417. The maximum atomic E-state index is 13.7. The lowest BCUT2D eigenvalue weighted by Gasteiger charge is -2.35. The van der Waals surface area contributed by atoms with Crippen LogP contribution in [0.1, 0.15) is 11.1 Å². The molecule has 0 radical (unpaired) electrons. The van der Waals surface area contributed by atoms with Crippen LogP contribution >= 0.6 is 12.2 Å². The minimum Gasteiger partial charge on any atom is -0.346 e. The van der Waals surface area contributed by atoms with Crippen molar-refractivity contribution >= 4 is 33.0 Å². The summed E-state index contributed by atoms with van der Waals surface area (Å²) in [6, 6.07) is 8.30. The summed E-state index contributed by atoms with van der Waals surface area (Å²) >= 11 is 5.32. The lowest BCUT2D eigenvalue weighted by molar-refractivity contribution is -0.137. The van der Waals surface area contributed by atoms with Crippen molar-refractivity contribution in [1.29, 1.82) is 0 Å². The van der Waals surface area contributed by atoms with E-state index < -0.39 is 26.7 Å². The number of rotatable bonds is 3. The highest BCUT2D eigenvalue weighted by Gasteiger charge is 2.34. The number of nitrogens with zero attached hydrogens (tertiary/aromatic N) is 2. The highest BCUT2D eigenvalue weighted by atomic mass is 32.2. The van der Waals surface area contributed by atoms with E-state index in [9.17, 15) is 26.0 Å². The lowest BCUT2D eigenvalue weighted by atomic mass is 10.2. The molecule has 0 aliphatic carbocycles. The van der Waals surface area contributed by atoms with Crippen LogP contribution in [-0.4, -0.2) is 48.9 Å². The summed E-state index contributed by atoms with van der Waals surface area (Å²) in [6.07, 6.45) is -4.63. The summed E-state index contributed by atoms with van der Waals surface area (Å²) in [5, 5.41) is 3.23. The summed E-state index contributed by atoms with van der Waals surface area (Å²) < 4.78 is 79.0. The first-order valence-corrected chi connectivity index (χ1v) is 10.8. The van der Waals surface area contributed by atoms with Gasteiger partial charge in [-0.05, 0) is 55.0 Å². The second-order valence-corrected chi connectivity index (χ2v) is 9.14. The third kappa shape index (κ3) is 4.90. The SMILES string of the molecule is Cc1ccc(NC(=S)N2CCN(S(=O)(=O)c3cccc(C(F)(F)F)c3)CC2)cc1F. The molecule has 1 aliphatic heterocycles. The van der Waals surface area contributed by atoms with Crippen LogP contribution in [0, 0.1) is 12.7 Å². The van der Waals surface area contributed by atoms with Gasteiger partial charge in [0.25, 0.3) is 0 Å². The van der Waals surface area contributed by atoms with Crippen LogP contribution in [-0.2, 0) is 16.2 Å². The molecule has 0 bridgehead atoms. The fraction of sp³-hybridized carbons (Fsp3) is 0.316. The Hall–Kier alpha value is -2.24. The topological polar surface area (TPSA) is 52.6 Å². The van der Waals surface area contributed by atoms with Gasteiger partial charge in [0.1, 0.15) is 5.82 Å². The van der Waals surface area contributed by atoms with E-state index in [4.69, 9.17) is 12.2 Å². The maximum absolute atomic E-state index is 13.7. The Bertz CT molecular complexity index is 1050. The number of halogens is 4. The monoisotopic (exact) mass is 461 g/mol. The molecule has 1 N–H and O–H groups in total. The molecule has 2 aromatic rings. The first-order chi connectivity index (χ1) is 14.0. The van der Waals surface area contributed by atoms with Gasteiger partial charge < -0.3 is 10.2 Å². The van der Waals surface area contributed by atoms with E-state index in [1.807, 2.05) is 0 Å². The molecule has 0 spiro atoms. The number of alkyl halides is 3. The largest absolute Gasteiger partial charge is 0.416 e. The van der Waals surface area contributed by atoms with Gasteiger partial charge in [0.2, 0.25) is 10.0 Å². The molecule has 30 heavy (non-hydrogen) atoms. The van der Waals surface area contributed by atoms with E-state index in [1.165, 1.54) is 6.07 Å². The highest BCUT2D eigenvalue weighted by molar-refractivity contribution is 7.89. The van der Waals surface area contributed by atoms with Gasteiger partial charge in [-0.3, -0.25) is 0 Å². The van der Waals surface area contributed by atoms with E-state index in [2.05, 4.69) is 5.32 Å². The predicted molar refractivity (Wildman–Crippen MR) is 109 cm³/mol. The second kappa shape index (κ2) is 8.48. The average Bonchev–Trinajstić information content (AvgIpc) is 2.70. The molecule has 1 fully saturated rings. The van der Waals surface area contributed by atoms with Crippen molar-refractivity contribution in [2.24, 2.45) is 0 Å². The van der Waals surface area contributed by atoms with E-state index in [0.717, 1.165) is 22.5 Å². The van der Waals surface area contributed by atoms with E-state index in [1.54, 1.807) is 24.0 Å². The summed E-state index contributed by atoms with van der Waals surface area (Å²) in [5.74, 6) is -0.375. The van der Waals surface area contributed by atoms with Crippen molar-refractivity contribution in [2.45, 2.75) is 18.0 Å². The third-order valence-corrected chi connectivity index (χ3v) is 7.00. The minimum absolute atomic E-state index is 0.0582. The first-order valence-electron chi connectivity index (χ1n) is 8.98. The highest BCUT2D eigenvalue weighted by Crippen LogP contribution is 2.31. The van der Waals surface area contributed by atoms with Gasteiger partial charge in [-0.15, -0.1) is 0 Å². The van der Waals surface area contributed by atoms with Crippen molar-refractivity contribution in [2.75, 3.05) is 31.5 Å². The molecular formula is C19H19F4N3O2S2. The molecule has 11 heteroatoms. The van der Waals surface area contributed by atoms with Gasteiger partial charge in [-0.25, -0.2) is 12.8 Å². The zero-order chi connectivity index (χ0) is 22.1. The number of benzene rings is 2. The van der Waals surface area contributed by atoms with Crippen LogP contribution < -0.4 is 5.32 Å². The Morgan fingerprint density at radius 1 is 1.07 bits per heavy atom. The molecule has 0 aromatic heterocycles. The third-order valence-electron chi connectivity index (χ3n) is 4.75. The van der Waals surface area contributed by atoms with E-state index in [-0.39, 0.29) is 32.0 Å². The van der Waals surface area contributed by atoms with Crippen molar-refractivity contribution in [3.05, 3.63) is 59.4 Å². The van der Waals surface area contributed by atoms with E-state index >= 15 is 0 Å². The Morgan fingerprint density at radius 3 is 2.33 bits per heavy atom. The fourth-order valence-electron chi connectivity index (χ4n) is 2.99. The zero-order valence-corrected chi connectivity index (χ0v) is 17.5. The number of hydrogen-bond acceptors (Lipinski definition) is 3. The van der Waals surface area contributed by atoms with Crippen LogP contribution in [0.4, 0.5) is 23.2 Å². The molecule has 1 aliphatic rings. The first kappa shape index (κ1) is 22.4. The van der Waals surface area contributed by atoms with Crippen LogP contribution in [0.25, 0.3) is 0 Å². The van der Waals surface area contributed by atoms with Crippen molar-refractivity contribution < 1.29 is 26.0 Å². The van der Waals surface area contributed by atoms with Gasteiger partial charge in [-0.2, -0.15) is 17.5 Å².